The van der Waals surface area contributed by atoms with Crippen LogP contribution in [0, 0.1) is 11.8 Å². The lowest BCUT2D eigenvalue weighted by Crippen LogP contribution is -2.03. The summed E-state index contributed by atoms with van der Waals surface area (Å²) in [6, 6.07) is 0. The van der Waals surface area contributed by atoms with Gasteiger partial charge in [-0.15, -0.1) is 0 Å². The largest absolute Gasteiger partial charge is 0.0773 e. The molecule has 0 amide bonds. The molecule has 54 valence electrons. The van der Waals surface area contributed by atoms with E-state index in [-0.39, 0.29) is 0 Å². The zero-order valence-electron chi connectivity index (χ0n) is 6.29. The molecule has 0 radical (unpaired) electrons. The van der Waals surface area contributed by atoms with Gasteiger partial charge in [-0.1, -0.05) is 37.1 Å². The van der Waals surface area contributed by atoms with E-state index in [0.717, 1.165) is 11.8 Å². The van der Waals surface area contributed by atoms with Gasteiger partial charge in [0.1, 0.15) is 0 Å². The Kier molecular flexibility index (Phi) is 1.62. The van der Waals surface area contributed by atoms with Crippen LogP contribution < -0.4 is 0 Å². The van der Waals surface area contributed by atoms with Crippen LogP contribution in [-0.2, 0) is 0 Å². The molecule has 2 aliphatic carbocycles. The summed E-state index contributed by atoms with van der Waals surface area (Å²) in [5.74, 6) is 1.78. The van der Waals surface area contributed by atoms with Crippen LogP contribution in [0.3, 0.4) is 0 Å². The van der Waals surface area contributed by atoms with Crippen LogP contribution in [0.25, 0.3) is 0 Å². The molecule has 0 saturated heterocycles. The minimum absolute atomic E-state index is 0.794. The second kappa shape index (κ2) is 2.61. The highest BCUT2D eigenvalue weighted by Crippen LogP contribution is 2.34. The van der Waals surface area contributed by atoms with Crippen molar-refractivity contribution in [3.05, 3.63) is 24.3 Å². The topological polar surface area (TPSA) is 0 Å². The Morgan fingerprint density at radius 1 is 0.900 bits per heavy atom. The number of hydrogen-bond acceptors (Lipinski definition) is 0. The van der Waals surface area contributed by atoms with Crippen LogP contribution in [0.2, 0.25) is 0 Å². The molecule has 0 atom stereocenters. The van der Waals surface area contributed by atoms with Crippen molar-refractivity contribution in [1.29, 1.82) is 0 Å². The summed E-state index contributed by atoms with van der Waals surface area (Å²) in [4.78, 5) is 0. The molecule has 0 bridgehead atoms. The summed E-state index contributed by atoms with van der Waals surface area (Å²) >= 11 is 0. The maximum atomic E-state index is 2.34. The van der Waals surface area contributed by atoms with Gasteiger partial charge in [-0.3, -0.25) is 0 Å². The van der Waals surface area contributed by atoms with Crippen molar-refractivity contribution in [3.8, 4) is 0 Å². The predicted molar refractivity (Wildman–Crippen MR) is 43.7 cm³/mol. The summed E-state index contributed by atoms with van der Waals surface area (Å²) in [6.07, 6.45) is 14.9. The second-order valence-electron chi connectivity index (χ2n) is 3.39. The summed E-state index contributed by atoms with van der Waals surface area (Å²) in [7, 11) is 0. The third-order valence-electron chi connectivity index (χ3n) is 2.72. The van der Waals surface area contributed by atoms with Crippen LogP contribution in [0.4, 0.5) is 0 Å². The minimum Gasteiger partial charge on any atom is -0.0773 e. The Hall–Kier alpha value is -0.520. The van der Waals surface area contributed by atoms with Gasteiger partial charge in [-0.05, 0) is 24.7 Å². The highest BCUT2D eigenvalue weighted by atomic mass is 14.3. The molecule has 1 fully saturated rings. The molecule has 2 rings (SSSR count). The Morgan fingerprint density at radius 2 is 1.50 bits per heavy atom. The number of allylic oxidation sites excluding steroid dienone is 4. The highest BCUT2D eigenvalue weighted by Gasteiger charge is 2.21. The van der Waals surface area contributed by atoms with Gasteiger partial charge in [0.05, 0.1) is 0 Å². The summed E-state index contributed by atoms with van der Waals surface area (Å²) in [5, 5.41) is 0. The van der Waals surface area contributed by atoms with Gasteiger partial charge >= 0.3 is 0 Å². The Morgan fingerprint density at radius 3 is 2.10 bits per heavy atom. The van der Waals surface area contributed by atoms with Crippen molar-refractivity contribution in [3.63, 3.8) is 0 Å². The molecule has 0 nitrogen and oxygen atoms in total. The Balaban J connectivity index is 1.98. The molecule has 0 aromatic carbocycles. The van der Waals surface area contributed by atoms with Crippen molar-refractivity contribution < 1.29 is 0 Å². The normalized spacial score (nSPS) is 26.8. The SMILES string of the molecule is C1=CC(C2CCCC2)C=C1. The molecule has 0 N–H and O–H groups in total. The third kappa shape index (κ3) is 1.03. The zero-order valence-corrected chi connectivity index (χ0v) is 6.29. The van der Waals surface area contributed by atoms with Crippen LogP contribution >= 0.6 is 0 Å². The maximum absolute atomic E-state index is 2.34. The molecule has 0 aromatic heterocycles. The monoisotopic (exact) mass is 134 g/mol. The number of rotatable bonds is 1. The lowest BCUT2D eigenvalue weighted by Gasteiger charge is -2.12. The van der Waals surface area contributed by atoms with Crippen LogP contribution in [0.1, 0.15) is 25.7 Å². The fourth-order valence-electron chi connectivity index (χ4n) is 2.11. The first-order valence-electron chi connectivity index (χ1n) is 4.32. The van der Waals surface area contributed by atoms with Gasteiger partial charge in [-0.2, -0.15) is 0 Å². The van der Waals surface area contributed by atoms with Gasteiger partial charge in [0.15, 0.2) is 0 Å². The molecule has 10 heavy (non-hydrogen) atoms. The smallest absolute Gasteiger partial charge is 0.00190 e. The zero-order chi connectivity index (χ0) is 6.81. The van der Waals surface area contributed by atoms with Crippen molar-refractivity contribution in [2.45, 2.75) is 25.7 Å². The minimum atomic E-state index is 0.794. The molecule has 0 unspecified atom stereocenters. The van der Waals surface area contributed by atoms with E-state index in [1.807, 2.05) is 0 Å². The quantitative estimate of drug-likeness (QED) is 0.517. The van der Waals surface area contributed by atoms with Crippen molar-refractivity contribution in [2.24, 2.45) is 11.8 Å². The molecule has 0 aliphatic heterocycles. The van der Waals surface area contributed by atoms with Gasteiger partial charge in [0, 0.05) is 0 Å². The van der Waals surface area contributed by atoms with Crippen LogP contribution in [0.5, 0.6) is 0 Å². The first-order valence-corrected chi connectivity index (χ1v) is 4.32. The molecule has 0 spiro atoms. The predicted octanol–water partition coefficient (Wildman–Crippen LogP) is 2.92. The van der Waals surface area contributed by atoms with Crippen LogP contribution in [-0.4, -0.2) is 0 Å². The van der Waals surface area contributed by atoms with Gasteiger partial charge in [0.25, 0.3) is 0 Å². The summed E-state index contributed by atoms with van der Waals surface area (Å²) in [5.41, 5.74) is 0. The fourth-order valence-corrected chi connectivity index (χ4v) is 2.11. The Bertz CT molecular complexity index is 147. The highest BCUT2D eigenvalue weighted by molar-refractivity contribution is 5.18. The first-order chi connectivity index (χ1) is 4.97. The average molecular weight is 134 g/mol. The van der Waals surface area contributed by atoms with E-state index < -0.39 is 0 Å². The number of hydrogen-bond donors (Lipinski definition) is 0. The van der Waals surface area contributed by atoms with E-state index in [9.17, 15) is 0 Å². The van der Waals surface area contributed by atoms with Crippen molar-refractivity contribution >= 4 is 0 Å². The van der Waals surface area contributed by atoms with Crippen molar-refractivity contribution in [1.82, 2.24) is 0 Å². The molecule has 0 heterocycles. The first kappa shape index (κ1) is 6.21. The third-order valence-corrected chi connectivity index (χ3v) is 2.72. The maximum Gasteiger partial charge on any atom is -0.00190 e. The summed E-state index contributed by atoms with van der Waals surface area (Å²) in [6.45, 7) is 0. The molecule has 2 aliphatic rings. The lowest BCUT2D eigenvalue weighted by atomic mass is 9.92. The molecular weight excluding hydrogens is 120 g/mol. The van der Waals surface area contributed by atoms with Crippen molar-refractivity contribution in [2.75, 3.05) is 0 Å². The van der Waals surface area contributed by atoms with E-state index in [1.54, 1.807) is 0 Å². The summed E-state index contributed by atoms with van der Waals surface area (Å²) < 4.78 is 0. The Labute approximate surface area is 62.6 Å². The average Bonchev–Trinajstić information content (AvgIpc) is 2.59. The molecular formula is C10H14. The van der Waals surface area contributed by atoms with E-state index in [4.69, 9.17) is 0 Å². The second-order valence-corrected chi connectivity index (χ2v) is 3.39. The van der Waals surface area contributed by atoms with Gasteiger partial charge in [0.2, 0.25) is 0 Å². The molecule has 0 heteroatoms. The van der Waals surface area contributed by atoms with E-state index in [1.165, 1.54) is 25.7 Å². The fraction of sp³-hybridized carbons (Fsp3) is 0.600. The molecule has 1 saturated carbocycles. The molecule has 0 aromatic rings. The van der Waals surface area contributed by atoms with E-state index in [0.29, 0.717) is 0 Å². The lowest BCUT2D eigenvalue weighted by molar-refractivity contribution is 0.474. The van der Waals surface area contributed by atoms with Gasteiger partial charge in [-0.25, -0.2) is 0 Å². The van der Waals surface area contributed by atoms with E-state index in [2.05, 4.69) is 24.3 Å². The van der Waals surface area contributed by atoms with Gasteiger partial charge < -0.3 is 0 Å². The standard InChI is InChI=1S/C10H14/c1-2-6-9(5-1)10-7-3-4-8-10/h1-2,5-6,9-10H,3-4,7-8H2. The van der Waals surface area contributed by atoms with E-state index >= 15 is 0 Å². The van der Waals surface area contributed by atoms with Crippen LogP contribution in [0.15, 0.2) is 24.3 Å².